The Kier molecular flexibility index (Phi) is 8.47. The molecular formula is C27H26ClF6N11O. The van der Waals surface area contributed by atoms with Gasteiger partial charge in [0.1, 0.15) is 23.5 Å². The van der Waals surface area contributed by atoms with Crippen molar-refractivity contribution in [2.75, 3.05) is 16.8 Å². The lowest BCUT2D eigenvalue weighted by Gasteiger charge is -2.36. The third kappa shape index (κ3) is 7.16. The third-order valence-corrected chi connectivity index (χ3v) is 7.96. The summed E-state index contributed by atoms with van der Waals surface area (Å²) in [7, 11) is 0. The van der Waals surface area contributed by atoms with E-state index in [0.29, 0.717) is 49.2 Å². The van der Waals surface area contributed by atoms with Crippen LogP contribution in [0.15, 0.2) is 37.2 Å². The van der Waals surface area contributed by atoms with E-state index in [1.165, 1.54) is 23.5 Å². The number of halogens is 7. The largest absolute Gasteiger partial charge is 0.420 e. The van der Waals surface area contributed by atoms with Crippen molar-refractivity contribution < 1.29 is 31.1 Å². The molecule has 0 bridgehead atoms. The molecule has 19 heteroatoms. The predicted octanol–water partition coefficient (Wildman–Crippen LogP) is 6.03. The van der Waals surface area contributed by atoms with Crippen LogP contribution in [-0.2, 0) is 6.18 Å². The topological polar surface area (TPSA) is 142 Å². The summed E-state index contributed by atoms with van der Waals surface area (Å²) >= 11 is 6.01. The summed E-state index contributed by atoms with van der Waals surface area (Å²) in [6, 6.07) is -1.48. The lowest BCUT2D eigenvalue weighted by atomic mass is 9.90. The second-order valence-corrected chi connectivity index (χ2v) is 11.4. The van der Waals surface area contributed by atoms with Crippen LogP contribution in [0.5, 0.6) is 0 Å². The number of alkyl halides is 6. The quantitative estimate of drug-likeness (QED) is 0.193. The molecule has 0 radical (unpaired) electrons. The molecule has 2 aliphatic rings. The maximum atomic E-state index is 13.7. The highest BCUT2D eigenvalue weighted by Gasteiger charge is 2.38. The number of nitrogens with one attached hydrogen (secondary N) is 3. The lowest BCUT2D eigenvalue weighted by Crippen LogP contribution is -2.50. The Labute approximate surface area is 262 Å². The number of anilines is 2. The van der Waals surface area contributed by atoms with Gasteiger partial charge in [-0.1, -0.05) is 11.6 Å². The fraction of sp³-hybridized carbons (Fsp3) is 0.444. The number of H-pyrrole nitrogens is 1. The first-order chi connectivity index (χ1) is 21.9. The maximum Gasteiger partial charge on any atom is 0.420 e. The van der Waals surface area contributed by atoms with Crippen molar-refractivity contribution in [3.05, 3.63) is 47.8 Å². The van der Waals surface area contributed by atoms with Gasteiger partial charge in [0.2, 0.25) is 5.95 Å². The maximum absolute atomic E-state index is 13.7. The summed E-state index contributed by atoms with van der Waals surface area (Å²) < 4.78 is 81.7. The number of rotatable bonds is 8. The molecule has 46 heavy (non-hydrogen) atoms. The molecule has 4 heterocycles. The summed E-state index contributed by atoms with van der Waals surface area (Å²) in [5.74, 6) is -0.0160. The summed E-state index contributed by atoms with van der Waals surface area (Å²) in [6.07, 6.45) is 2.28. The first kappa shape index (κ1) is 31.5. The predicted molar refractivity (Wildman–Crippen MR) is 153 cm³/mol. The van der Waals surface area contributed by atoms with Gasteiger partial charge in [0.15, 0.2) is 5.82 Å². The summed E-state index contributed by atoms with van der Waals surface area (Å²) in [6.45, 7) is -1.53. The average Bonchev–Trinajstić information content (AvgIpc) is 3.58. The van der Waals surface area contributed by atoms with E-state index in [9.17, 15) is 31.1 Å². The molecule has 4 aromatic rings. The van der Waals surface area contributed by atoms with Crippen LogP contribution in [0.2, 0.25) is 5.02 Å². The van der Waals surface area contributed by atoms with Gasteiger partial charge in [-0.25, -0.2) is 19.7 Å². The first-order valence-corrected chi connectivity index (χ1v) is 14.6. The summed E-state index contributed by atoms with van der Waals surface area (Å²) in [5.41, 5.74) is -0.591. The number of carbonyl (C=O) groups excluding carboxylic acids is 1. The van der Waals surface area contributed by atoms with E-state index in [4.69, 9.17) is 11.6 Å². The molecule has 3 N–H and O–H groups in total. The van der Waals surface area contributed by atoms with Gasteiger partial charge in [-0.05, 0) is 38.5 Å². The zero-order chi connectivity index (χ0) is 32.6. The van der Waals surface area contributed by atoms with Gasteiger partial charge >= 0.3 is 18.4 Å². The summed E-state index contributed by atoms with van der Waals surface area (Å²) in [5, 5.41) is 15.4. The number of amides is 2. The molecule has 6 rings (SSSR count). The van der Waals surface area contributed by atoms with Crippen molar-refractivity contribution in [2.24, 2.45) is 0 Å². The van der Waals surface area contributed by atoms with Crippen molar-refractivity contribution >= 4 is 29.4 Å². The molecule has 0 unspecified atom stereocenters. The van der Waals surface area contributed by atoms with Crippen LogP contribution >= 0.6 is 11.6 Å². The number of urea groups is 1. The first-order valence-electron chi connectivity index (χ1n) is 14.3. The van der Waals surface area contributed by atoms with E-state index < -0.39 is 42.2 Å². The smallest absolute Gasteiger partial charge is 0.351 e. The Morgan fingerprint density at radius 3 is 2.35 bits per heavy atom. The van der Waals surface area contributed by atoms with E-state index in [1.54, 1.807) is 6.20 Å². The number of nitrogens with zero attached hydrogens (tertiary/aromatic N) is 8. The monoisotopic (exact) mass is 669 g/mol. The number of aromatic amines is 1. The zero-order valence-electron chi connectivity index (χ0n) is 23.8. The van der Waals surface area contributed by atoms with Crippen LogP contribution in [0.1, 0.15) is 50.1 Å². The Morgan fingerprint density at radius 1 is 0.978 bits per heavy atom. The minimum Gasteiger partial charge on any atom is -0.351 e. The van der Waals surface area contributed by atoms with Gasteiger partial charge in [-0.3, -0.25) is 19.7 Å². The van der Waals surface area contributed by atoms with E-state index in [-0.39, 0.29) is 28.5 Å². The molecule has 4 aromatic heterocycles. The zero-order valence-corrected chi connectivity index (χ0v) is 24.5. The lowest BCUT2D eigenvalue weighted by molar-refractivity contribution is -0.137. The van der Waals surface area contributed by atoms with E-state index in [0.717, 1.165) is 12.8 Å². The van der Waals surface area contributed by atoms with Crippen LogP contribution in [0.4, 0.5) is 42.9 Å². The average molecular weight is 670 g/mol. The summed E-state index contributed by atoms with van der Waals surface area (Å²) in [4.78, 5) is 30.9. The van der Waals surface area contributed by atoms with Crippen LogP contribution in [-0.4, -0.2) is 70.7 Å². The van der Waals surface area contributed by atoms with Crippen LogP contribution in [0.25, 0.3) is 22.6 Å². The van der Waals surface area contributed by atoms with Crippen LogP contribution in [0, 0.1) is 0 Å². The fourth-order valence-corrected chi connectivity index (χ4v) is 5.44. The number of carbonyl (C=O) groups is 1. The van der Waals surface area contributed by atoms with Gasteiger partial charge in [-0.15, -0.1) is 0 Å². The van der Waals surface area contributed by atoms with Crippen molar-refractivity contribution in [1.82, 2.24) is 45.2 Å². The minimum absolute atomic E-state index is 0.0518. The molecule has 0 spiro atoms. The fourth-order valence-electron chi connectivity index (χ4n) is 5.26. The highest BCUT2D eigenvalue weighted by molar-refractivity contribution is 6.32. The Bertz CT molecular complexity index is 1680. The van der Waals surface area contributed by atoms with Gasteiger partial charge in [0.05, 0.1) is 35.3 Å². The van der Waals surface area contributed by atoms with Crippen molar-refractivity contribution in [1.29, 1.82) is 0 Å². The molecule has 0 aromatic carbocycles. The standard InChI is InChI=1S/C27H26ClF6N11O/c28-19-9-39-43-23(19)22-18(27(32,33)34)8-37-24(42-22)41-15-1-3-17(4-2-15)45(25(46)38-13-26(29,30)31)21-11-35-20(10-36-21)14-7-40-44(12-14)16-5-6-16/h7-12,15-17H,1-6,13H2,(H,38,46)(H,39,43)(H,37,41,42)/t15-,17-. The van der Waals surface area contributed by atoms with Gasteiger partial charge in [-0.2, -0.15) is 36.5 Å². The molecule has 2 saturated carbocycles. The number of hydrogen-bond donors (Lipinski definition) is 3. The minimum atomic E-state index is -4.76. The van der Waals surface area contributed by atoms with Crippen LogP contribution < -0.4 is 15.5 Å². The molecule has 0 aliphatic heterocycles. The highest BCUT2D eigenvalue weighted by atomic mass is 35.5. The highest BCUT2D eigenvalue weighted by Crippen LogP contribution is 2.38. The second-order valence-electron chi connectivity index (χ2n) is 11.0. The molecule has 244 valence electrons. The van der Waals surface area contributed by atoms with Gasteiger partial charge in [0.25, 0.3) is 0 Å². The molecule has 0 saturated heterocycles. The molecule has 2 amide bonds. The van der Waals surface area contributed by atoms with E-state index in [2.05, 4.69) is 40.5 Å². The number of aromatic nitrogens is 8. The van der Waals surface area contributed by atoms with E-state index >= 15 is 0 Å². The molecule has 2 fully saturated rings. The van der Waals surface area contributed by atoms with Crippen LogP contribution in [0.3, 0.4) is 0 Å². The van der Waals surface area contributed by atoms with Gasteiger partial charge in [0, 0.05) is 36.2 Å². The van der Waals surface area contributed by atoms with Crippen molar-refractivity contribution in [3.8, 4) is 22.6 Å². The molecule has 12 nitrogen and oxygen atoms in total. The molecule has 0 atom stereocenters. The normalized spacial score (nSPS) is 18.8. The Morgan fingerprint density at radius 2 is 1.74 bits per heavy atom. The Balaban J connectivity index is 1.17. The Hall–Kier alpha value is -4.48. The second kappa shape index (κ2) is 12.4. The van der Waals surface area contributed by atoms with Crippen molar-refractivity contribution in [3.63, 3.8) is 0 Å². The molecular weight excluding hydrogens is 644 g/mol. The molecule has 2 aliphatic carbocycles. The van der Waals surface area contributed by atoms with Crippen molar-refractivity contribution in [2.45, 2.75) is 69.0 Å². The van der Waals surface area contributed by atoms with Gasteiger partial charge < -0.3 is 10.6 Å². The third-order valence-electron chi connectivity index (χ3n) is 7.67. The number of hydrogen-bond acceptors (Lipinski definition) is 8. The SMILES string of the molecule is O=C(NCC(F)(F)F)N(c1cnc(-c2cnn(C3CC3)c2)cn1)[C@H]1CC[C@H](Nc2ncc(C(F)(F)F)c(-c3n[nH]cc3Cl)n2)CC1. The van der Waals surface area contributed by atoms with E-state index in [1.807, 2.05) is 16.2 Å².